The molecular formula is C15H20N4O2. The van der Waals surface area contributed by atoms with E-state index in [-0.39, 0.29) is 11.7 Å². The first-order valence-corrected chi connectivity index (χ1v) is 7.27. The van der Waals surface area contributed by atoms with Gasteiger partial charge in [0.2, 0.25) is 0 Å². The molecule has 0 amide bonds. The maximum atomic E-state index is 12.8. The predicted molar refractivity (Wildman–Crippen MR) is 82.1 cm³/mol. The highest BCUT2D eigenvalue weighted by Gasteiger charge is 2.22. The zero-order valence-corrected chi connectivity index (χ0v) is 12.5. The highest BCUT2D eigenvalue weighted by Crippen LogP contribution is 2.24. The van der Waals surface area contributed by atoms with Crippen LogP contribution in [0.4, 0.5) is 0 Å². The molecule has 2 aromatic heterocycles. The molecule has 1 aliphatic rings. The third-order valence-corrected chi connectivity index (χ3v) is 4.09. The van der Waals surface area contributed by atoms with E-state index in [1.807, 2.05) is 17.6 Å². The fraction of sp³-hybridized carbons (Fsp3) is 0.533. The number of imidazole rings is 1. The van der Waals surface area contributed by atoms with Gasteiger partial charge >= 0.3 is 5.69 Å². The molecule has 0 saturated carbocycles. The lowest BCUT2D eigenvalue weighted by Crippen LogP contribution is -2.31. The number of hydrogen-bond acceptors (Lipinski definition) is 4. The van der Waals surface area contributed by atoms with Gasteiger partial charge in [-0.25, -0.2) is 4.79 Å². The van der Waals surface area contributed by atoms with Crippen molar-refractivity contribution in [1.29, 1.82) is 0 Å². The number of hydrogen-bond donors (Lipinski definition) is 0. The zero-order valence-electron chi connectivity index (χ0n) is 12.5. The molecule has 1 aliphatic heterocycles. The van der Waals surface area contributed by atoms with Crippen LogP contribution in [0.5, 0.6) is 0 Å². The molecule has 3 heterocycles. The Hall–Kier alpha value is -1.95. The highest BCUT2D eigenvalue weighted by molar-refractivity contribution is 5.84. The summed E-state index contributed by atoms with van der Waals surface area (Å²) in [7, 11) is 1.75. The quantitative estimate of drug-likeness (QED) is 0.807. The van der Waals surface area contributed by atoms with Gasteiger partial charge in [0, 0.05) is 38.2 Å². The molecule has 3 rings (SSSR count). The van der Waals surface area contributed by atoms with Crippen molar-refractivity contribution in [2.24, 2.45) is 4.99 Å². The van der Waals surface area contributed by atoms with Gasteiger partial charge in [0.25, 0.3) is 0 Å². The molecule has 6 heteroatoms. The molecule has 112 valence electrons. The van der Waals surface area contributed by atoms with Crippen molar-refractivity contribution >= 4 is 16.7 Å². The van der Waals surface area contributed by atoms with Crippen LogP contribution in [0.2, 0.25) is 0 Å². The van der Waals surface area contributed by atoms with Crippen molar-refractivity contribution in [1.82, 2.24) is 14.1 Å². The Morgan fingerprint density at radius 1 is 1.43 bits per heavy atom. The number of aromatic nitrogens is 3. The van der Waals surface area contributed by atoms with Gasteiger partial charge < -0.3 is 4.74 Å². The summed E-state index contributed by atoms with van der Waals surface area (Å²) in [6, 6.07) is 2.12. The molecule has 0 spiro atoms. The summed E-state index contributed by atoms with van der Waals surface area (Å²) < 4.78 is 9.08. The maximum absolute atomic E-state index is 12.8. The standard InChI is InChI=1S/C15H20N4O2/c1-11(16-2)10-18-14-9-17-6-3-13(14)19(15(18)20)12-4-7-21-8-5-12/h3,6,9,12H,4-5,7-8,10H2,1-2H3. The molecule has 0 atom stereocenters. The topological polar surface area (TPSA) is 61.4 Å². The number of nitrogens with zero attached hydrogens (tertiary/aromatic N) is 4. The zero-order chi connectivity index (χ0) is 14.8. The Morgan fingerprint density at radius 3 is 2.90 bits per heavy atom. The van der Waals surface area contributed by atoms with Crippen LogP contribution in [0.25, 0.3) is 11.0 Å². The van der Waals surface area contributed by atoms with Crippen LogP contribution >= 0.6 is 0 Å². The number of ether oxygens (including phenoxy) is 1. The van der Waals surface area contributed by atoms with Gasteiger partial charge in [-0.1, -0.05) is 0 Å². The molecule has 0 aliphatic carbocycles. The second kappa shape index (κ2) is 5.81. The van der Waals surface area contributed by atoms with Crippen LogP contribution in [-0.2, 0) is 11.3 Å². The molecule has 0 radical (unpaired) electrons. The van der Waals surface area contributed by atoms with Crippen molar-refractivity contribution in [3.05, 3.63) is 28.9 Å². The molecule has 0 N–H and O–H groups in total. The van der Waals surface area contributed by atoms with E-state index in [4.69, 9.17) is 4.74 Å². The Labute approximate surface area is 123 Å². The largest absolute Gasteiger partial charge is 0.381 e. The number of rotatable bonds is 3. The van der Waals surface area contributed by atoms with Gasteiger partial charge in [-0.3, -0.25) is 19.1 Å². The summed E-state index contributed by atoms with van der Waals surface area (Å²) in [6.07, 6.45) is 5.25. The van der Waals surface area contributed by atoms with E-state index in [2.05, 4.69) is 9.98 Å². The molecule has 6 nitrogen and oxygen atoms in total. The summed E-state index contributed by atoms with van der Waals surface area (Å²) in [5.74, 6) is 0. The first kappa shape index (κ1) is 14.0. The van der Waals surface area contributed by atoms with E-state index in [0.29, 0.717) is 19.8 Å². The Bertz CT molecular complexity index is 723. The number of pyridine rings is 1. The van der Waals surface area contributed by atoms with Gasteiger partial charge in [-0.05, 0) is 25.8 Å². The molecular weight excluding hydrogens is 268 g/mol. The summed E-state index contributed by atoms with van der Waals surface area (Å²) in [5.41, 5.74) is 2.77. The lowest BCUT2D eigenvalue weighted by Gasteiger charge is -2.23. The normalized spacial score (nSPS) is 17.5. The minimum absolute atomic E-state index is 0.0212. The summed E-state index contributed by atoms with van der Waals surface area (Å²) in [6.45, 7) is 3.86. The van der Waals surface area contributed by atoms with Crippen LogP contribution in [0.3, 0.4) is 0 Å². The third-order valence-electron chi connectivity index (χ3n) is 4.09. The van der Waals surface area contributed by atoms with E-state index in [1.165, 1.54) is 0 Å². The van der Waals surface area contributed by atoms with E-state index < -0.39 is 0 Å². The average molecular weight is 288 g/mol. The van der Waals surface area contributed by atoms with Crippen LogP contribution in [0, 0.1) is 0 Å². The molecule has 21 heavy (non-hydrogen) atoms. The number of aliphatic imine (C=N–C) groups is 1. The monoisotopic (exact) mass is 288 g/mol. The fourth-order valence-electron chi connectivity index (χ4n) is 2.88. The van der Waals surface area contributed by atoms with Gasteiger partial charge in [0.05, 0.1) is 23.8 Å². The molecule has 1 saturated heterocycles. The van der Waals surface area contributed by atoms with Gasteiger partial charge in [0.15, 0.2) is 0 Å². The average Bonchev–Trinajstić information content (AvgIpc) is 2.80. The molecule has 0 aromatic carbocycles. The van der Waals surface area contributed by atoms with Crippen molar-refractivity contribution in [2.75, 3.05) is 20.3 Å². The van der Waals surface area contributed by atoms with Crippen LogP contribution in [0.15, 0.2) is 28.2 Å². The van der Waals surface area contributed by atoms with E-state index in [0.717, 1.165) is 29.6 Å². The predicted octanol–water partition coefficient (Wildman–Crippen LogP) is 1.64. The smallest absolute Gasteiger partial charge is 0.329 e. The third kappa shape index (κ3) is 2.51. The SMILES string of the molecule is CN=C(C)Cn1c(=O)n(C2CCOCC2)c2ccncc21. The van der Waals surface area contributed by atoms with Gasteiger partial charge in [-0.2, -0.15) is 0 Å². The second-order valence-corrected chi connectivity index (χ2v) is 5.41. The first-order chi connectivity index (χ1) is 10.2. The van der Waals surface area contributed by atoms with Gasteiger partial charge in [0.1, 0.15) is 0 Å². The second-order valence-electron chi connectivity index (χ2n) is 5.41. The summed E-state index contributed by atoms with van der Waals surface area (Å²) >= 11 is 0. The van der Waals surface area contributed by atoms with Crippen molar-refractivity contribution in [3.8, 4) is 0 Å². The molecule has 1 fully saturated rings. The van der Waals surface area contributed by atoms with Crippen molar-refractivity contribution < 1.29 is 4.74 Å². The van der Waals surface area contributed by atoms with Crippen LogP contribution in [-0.4, -0.2) is 40.1 Å². The van der Waals surface area contributed by atoms with Crippen molar-refractivity contribution in [2.45, 2.75) is 32.4 Å². The van der Waals surface area contributed by atoms with Crippen molar-refractivity contribution in [3.63, 3.8) is 0 Å². The van der Waals surface area contributed by atoms with E-state index in [1.54, 1.807) is 24.0 Å². The maximum Gasteiger partial charge on any atom is 0.329 e. The number of fused-ring (bicyclic) bond motifs is 1. The first-order valence-electron chi connectivity index (χ1n) is 7.27. The van der Waals surface area contributed by atoms with E-state index >= 15 is 0 Å². The Kier molecular flexibility index (Phi) is 3.88. The Morgan fingerprint density at radius 2 is 2.19 bits per heavy atom. The highest BCUT2D eigenvalue weighted by atomic mass is 16.5. The minimum atomic E-state index is 0.0212. The lowest BCUT2D eigenvalue weighted by atomic mass is 10.1. The lowest BCUT2D eigenvalue weighted by molar-refractivity contribution is 0.0696. The van der Waals surface area contributed by atoms with Crippen LogP contribution in [0.1, 0.15) is 25.8 Å². The molecule has 0 bridgehead atoms. The van der Waals surface area contributed by atoms with E-state index in [9.17, 15) is 4.79 Å². The Balaban J connectivity index is 2.15. The molecule has 2 aromatic rings. The fourth-order valence-corrected chi connectivity index (χ4v) is 2.88. The summed E-state index contributed by atoms with van der Waals surface area (Å²) in [4.78, 5) is 21.2. The minimum Gasteiger partial charge on any atom is -0.381 e. The molecule has 0 unspecified atom stereocenters. The summed E-state index contributed by atoms with van der Waals surface area (Å²) in [5, 5.41) is 0. The van der Waals surface area contributed by atoms with Crippen LogP contribution < -0.4 is 5.69 Å². The van der Waals surface area contributed by atoms with Gasteiger partial charge in [-0.15, -0.1) is 0 Å².